The molecule has 0 saturated carbocycles. The maximum atomic E-state index is 12.9. The fourth-order valence-electron chi connectivity index (χ4n) is 3.06. The summed E-state index contributed by atoms with van der Waals surface area (Å²) in [6.45, 7) is 1.45. The van der Waals surface area contributed by atoms with Gasteiger partial charge in [0, 0.05) is 18.1 Å². The lowest BCUT2D eigenvalue weighted by atomic mass is 10.0. The molecule has 0 aliphatic rings. The van der Waals surface area contributed by atoms with E-state index in [2.05, 4.69) is 5.32 Å². The van der Waals surface area contributed by atoms with Gasteiger partial charge in [-0.25, -0.2) is 0 Å². The molecule has 3 aromatic rings. The molecule has 1 atom stereocenters. The third-order valence-corrected chi connectivity index (χ3v) is 4.68. The Bertz CT molecular complexity index is 1180. The molecule has 0 spiro atoms. The summed E-state index contributed by atoms with van der Waals surface area (Å²) in [4.78, 5) is 49.2. The first kappa shape index (κ1) is 20.8. The van der Waals surface area contributed by atoms with Gasteiger partial charge in [-0.15, -0.1) is 0 Å². The highest BCUT2D eigenvalue weighted by Crippen LogP contribution is 2.21. The number of rotatable bonds is 7. The normalized spacial score (nSPS) is 11.7. The van der Waals surface area contributed by atoms with Crippen molar-refractivity contribution < 1.29 is 23.5 Å². The highest BCUT2D eigenvalue weighted by atomic mass is 16.5. The van der Waals surface area contributed by atoms with E-state index >= 15 is 0 Å². The van der Waals surface area contributed by atoms with Gasteiger partial charge in [0.25, 0.3) is 11.8 Å². The summed E-state index contributed by atoms with van der Waals surface area (Å²) in [5.41, 5.74) is 5.72. The average molecular weight is 408 g/mol. The Balaban J connectivity index is 1.97. The summed E-state index contributed by atoms with van der Waals surface area (Å²) in [5, 5.41) is 2.76. The molecule has 3 N–H and O–H groups in total. The second-order valence-corrected chi connectivity index (χ2v) is 6.69. The SMILES string of the molecule is COc1ccc2c(=O)c(C)c(C(=O)N[C@@H](Cc3ccccc3)C(=O)C(N)=O)oc2c1. The second kappa shape index (κ2) is 8.60. The van der Waals surface area contributed by atoms with E-state index in [4.69, 9.17) is 14.9 Å². The van der Waals surface area contributed by atoms with Crippen molar-refractivity contribution in [1.29, 1.82) is 0 Å². The van der Waals surface area contributed by atoms with Gasteiger partial charge in [-0.05, 0) is 24.6 Å². The molecule has 8 nitrogen and oxygen atoms in total. The van der Waals surface area contributed by atoms with Crippen molar-refractivity contribution in [3.8, 4) is 5.75 Å². The summed E-state index contributed by atoms with van der Waals surface area (Å²) >= 11 is 0. The average Bonchev–Trinajstić information content (AvgIpc) is 2.75. The molecule has 0 fully saturated rings. The van der Waals surface area contributed by atoms with E-state index in [1.807, 2.05) is 0 Å². The minimum absolute atomic E-state index is 0.0546. The number of ketones is 1. The lowest BCUT2D eigenvalue weighted by Gasteiger charge is -2.17. The quantitative estimate of drug-likeness (QED) is 0.570. The van der Waals surface area contributed by atoms with Crippen LogP contribution in [-0.2, 0) is 16.0 Å². The lowest BCUT2D eigenvalue weighted by molar-refractivity contribution is -0.137. The molecule has 1 aromatic heterocycles. The van der Waals surface area contributed by atoms with Gasteiger partial charge in [-0.2, -0.15) is 0 Å². The van der Waals surface area contributed by atoms with Crippen molar-refractivity contribution in [3.63, 3.8) is 0 Å². The fraction of sp³-hybridized carbons (Fsp3) is 0.182. The van der Waals surface area contributed by atoms with E-state index in [-0.39, 0.29) is 28.8 Å². The van der Waals surface area contributed by atoms with E-state index in [0.717, 1.165) is 5.56 Å². The zero-order chi connectivity index (χ0) is 21.8. The third-order valence-electron chi connectivity index (χ3n) is 4.68. The third kappa shape index (κ3) is 4.22. The maximum Gasteiger partial charge on any atom is 0.288 e. The molecule has 0 aliphatic carbocycles. The van der Waals surface area contributed by atoms with E-state index in [1.54, 1.807) is 42.5 Å². The molecule has 2 aromatic carbocycles. The van der Waals surface area contributed by atoms with Crippen LogP contribution in [0.1, 0.15) is 21.7 Å². The highest BCUT2D eigenvalue weighted by molar-refractivity contribution is 6.38. The van der Waals surface area contributed by atoms with Crippen LogP contribution >= 0.6 is 0 Å². The molecule has 2 amide bonds. The zero-order valence-electron chi connectivity index (χ0n) is 16.4. The van der Waals surface area contributed by atoms with Crippen molar-refractivity contribution in [2.24, 2.45) is 5.73 Å². The molecule has 3 rings (SSSR count). The van der Waals surface area contributed by atoms with E-state index < -0.39 is 23.6 Å². The molecule has 30 heavy (non-hydrogen) atoms. The van der Waals surface area contributed by atoms with Crippen LogP contribution < -0.4 is 21.2 Å². The van der Waals surface area contributed by atoms with Gasteiger partial charge in [-0.1, -0.05) is 30.3 Å². The first-order valence-corrected chi connectivity index (χ1v) is 9.11. The van der Waals surface area contributed by atoms with Crippen molar-refractivity contribution >= 4 is 28.6 Å². The number of benzene rings is 2. The predicted octanol–water partition coefficient (Wildman–Crippen LogP) is 1.51. The number of carbonyl (C=O) groups excluding carboxylic acids is 3. The molecule has 0 radical (unpaired) electrons. The number of amides is 2. The number of primary amides is 1. The van der Waals surface area contributed by atoms with Crippen LogP contribution in [0.25, 0.3) is 11.0 Å². The minimum Gasteiger partial charge on any atom is -0.497 e. The smallest absolute Gasteiger partial charge is 0.288 e. The zero-order valence-corrected chi connectivity index (χ0v) is 16.4. The van der Waals surface area contributed by atoms with Crippen LogP contribution in [-0.4, -0.2) is 30.7 Å². The number of Topliss-reactive ketones (excluding diaryl/α,β-unsaturated/α-hetero) is 1. The Labute approximate surface area is 171 Å². The largest absolute Gasteiger partial charge is 0.497 e. The summed E-state index contributed by atoms with van der Waals surface area (Å²) in [5.74, 6) is -2.72. The molecule has 154 valence electrons. The van der Waals surface area contributed by atoms with Gasteiger partial charge in [0.2, 0.25) is 5.78 Å². The van der Waals surface area contributed by atoms with Crippen molar-refractivity contribution in [2.45, 2.75) is 19.4 Å². The number of fused-ring (bicyclic) bond motifs is 1. The molecular formula is C22H20N2O6. The van der Waals surface area contributed by atoms with Crippen LogP contribution in [0, 0.1) is 6.92 Å². The van der Waals surface area contributed by atoms with Crippen LogP contribution in [0.2, 0.25) is 0 Å². The molecule has 0 unspecified atom stereocenters. The second-order valence-electron chi connectivity index (χ2n) is 6.69. The highest BCUT2D eigenvalue weighted by Gasteiger charge is 2.28. The molecule has 0 aliphatic heterocycles. The number of carbonyl (C=O) groups is 3. The Morgan fingerprint density at radius 2 is 1.83 bits per heavy atom. The summed E-state index contributed by atoms with van der Waals surface area (Å²) < 4.78 is 10.8. The lowest BCUT2D eigenvalue weighted by Crippen LogP contribution is -2.47. The van der Waals surface area contributed by atoms with Gasteiger partial charge in [-0.3, -0.25) is 19.2 Å². The van der Waals surface area contributed by atoms with Crippen molar-refractivity contribution in [3.05, 3.63) is 75.6 Å². The molecular weight excluding hydrogens is 388 g/mol. The Hall–Kier alpha value is -3.94. The van der Waals surface area contributed by atoms with Crippen LogP contribution in [0.5, 0.6) is 5.75 Å². The number of ether oxygens (including phenoxy) is 1. The van der Waals surface area contributed by atoms with Crippen molar-refractivity contribution in [2.75, 3.05) is 7.11 Å². The van der Waals surface area contributed by atoms with Crippen molar-refractivity contribution in [1.82, 2.24) is 5.32 Å². The number of hydrogen-bond acceptors (Lipinski definition) is 6. The summed E-state index contributed by atoms with van der Waals surface area (Å²) in [7, 11) is 1.46. The Morgan fingerprint density at radius 1 is 1.13 bits per heavy atom. The van der Waals surface area contributed by atoms with Gasteiger partial charge < -0.3 is 20.2 Å². The number of nitrogens with one attached hydrogen (secondary N) is 1. The van der Waals surface area contributed by atoms with E-state index in [1.165, 1.54) is 20.1 Å². The van der Waals surface area contributed by atoms with Crippen LogP contribution in [0.3, 0.4) is 0 Å². The minimum atomic E-state index is -1.21. The summed E-state index contributed by atoms with van der Waals surface area (Å²) in [6.07, 6.45) is 0.0546. The number of hydrogen-bond donors (Lipinski definition) is 2. The molecule has 0 bridgehead atoms. The Kier molecular flexibility index (Phi) is 5.96. The molecule has 8 heteroatoms. The van der Waals surface area contributed by atoms with Gasteiger partial charge in [0.1, 0.15) is 17.4 Å². The number of methoxy groups -OCH3 is 1. The van der Waals surface area contributed by atoms with E-state index in [9.17, 15) is 19.2 Å². The van der Waals surface area contributed by atoms with E-state index in [0.29, 0.717) is 11.1 Å². The monoisotopic (exact) mass is 408 g/mol. The van der Waals surface area contributed by atoms with Gasteiger partial charge in [0.05, 0.1) is 12.5 Å². The first-order valence-electron chi connectivity index (χ1n) is 9.11. The Morgan fingerprint density at radius 3 is 2.47 bits per heavy atom. The maximum absolute atomic E-state index is 12.9. The molecule has 1 heterocycles. The van der Waals surface area contributed by atoms with Gasteiger partial charge in [0.15, 0.2) is 11.2 Å². The standard InChI is InChI=1S/C22H20N2O6/c1-12-18(25)15-9-8-14(29-2)11-17(15)30-20(12)22(28)24-16(19(26)21(23)27)10-13-6-4-3-5-7-13/h3-9,11,16H,10H2,1-2H3,(H2,23,27)(H,24,28)/t16-/m0/s1. The summed E-state index contributed by atoms with van der Waals surface area (Å²) in [6, 6.07) is 12.3. The fourth-order valence-corrected chi connectivity index (χ4v) is 3.06. The topological polar surface area (TPSA) is 129 Å². The molecule has 0 saturated heterocycles. The predicted molar refractivity (Wildman–Crippen MR) is 109 cm³/mol. The van der Waals surface area contributed by atoms with Crippen LogP contribution in [0.4, 0.5) is 0 Å². The first-order chi connectivity index (χ1) is 14.3. The number of nitrogens with two attached hydrogens (primary N) is 1. The van der Waals surface area contributed by atoms with Crippen LogP contribution in [0.15, 0.2) is 57.7 Å². The van der Waals surface area contributed by atoms with Gasteiger partial charge >= 0.3 is 0 Å².